The number of nitrogens with two attached hydrogens (primary N) is 1. The second kappa shape index (κ2) is 4.96. The highest BCUT2D eigenvalue weighted by molar-refractivity contribution is 5.94. The third kappa shape index (κ3) is 2.53. The van der Waals surface area contributed by atoms with Crippen molar-refractivity contribution in [2.24, 2.45) is 0 Å². The number of amides is 1. The molecule has 1 aromatic carbocycles. The van der Waals surface area contributed by atoms with Gasteiger partial charge in [0, 0.05) is 30.4 Å². The number of aryl methyl sites for hydroxylation is 1. The smallest absolute Gasteiger partial charge is 0.253 e. The average Bonchev–Trinajstić information content (AvgIpc) is 2.75. The molecule has 1 aromatic heterocycles. The lowest BCUT2D eigenvalue weighted by Crippen LogP contribution is -2.26. The van der Waals surface area contributed by atoms with E-state index < -0.39 is 0 Å². The maximum Gasteiger partial charge on any atom is 0.253 e. The molecule has 0 radical (unpaired) electrons. The first-order chi connectivity index (χ1) is 8.58. The molecule has 0 saturated heterocycles. The van der Waals surface area contributed by atoms with Crippen molar-refractivity contribution in [3.8, 4) is 0 Å². The maximum absolute atomic E-state index is 12.1. The van der Waals surface area contributed by atoms with Gasteiger partial charge in [-0.1, -0.05) is 0 Å². The van der Waals surface area contributed by atoms with Crippen molar-refractivity contribution in [3.63, 3.8) is 0 Å². The van der Waals surface area contributed by atoms with E-state index in [1.54, 1.807) is 42.5 Å². The quantitative estimate of drug-likeness (QED) is 0.844. The molecule has 18 heavy (non-hydrogen) atoms. The van der Waals surface area contributed by atoms with Crippen LogP contribution in [0.25, 0.3) is 0 Å². The lowest BCUT2D eigenvalue weighted by atomic mass is 10.1. The van der Waals surface area contributed by atoms with Crippen LogP contribution in [0.3, 0.4) is 0 Å². The largest absolute Gasteiger partial charge is 0.469 e. The van der Waals surface area contributed by atoms with Gasteiger partial charge in [0.2, 0.25) is 0 Å². The monoisotopic (exact) mass is 244 g/mol. The van der Waals surface area contributed by atoms with E-state index in [2.05, 4.69) is 0 Å². The van der Waals surface area contributed by atoms with Crippen LogP contribution < -0.4 is 5.73 Å². The number of hydrogen-bond donors (Lipinski definition) is 1. The van der Waals surface area contributed by atoms with E-state index in [1.165, 1.54) is 0 Å². The predicted molar refractivity (Wildman–Crippen MR) is 70.1 cm³/mol. The van der Waals surface area contributed by atoms with Gasteiger partial charge in [-0.15, -0.1) is 0 Å². The molecule has 0 spiro atoms. The SMILES string of the molecule is Cc1occc1CN(C)C(=O)c1ccc(N)cc1. The van der Waals surface area contributed by atoms with E-state index >= 15 is 0 Å². The fourth-order valence-corrected chi connectivity index (χ4v) is 1.75. The molecule has 94 valence electrons. The third-order valence-corrected chi connectivity index (χ3v) is 2.88. The van der Waals surface area contributed by atoms with Crippen LogP contribution in [0.2, 0.25) is 0 Å². The number of nitrogen functional groups attached to an aromatic ring is 1. The number of rotatable bonds is 3. The molecule has 1 heterocycles. The molecule has 0 aliphatic carbocycles. The lowest BCUT2D eigenvalue weighted by Gasteiger charge is -2.16. The Labute approximate surface area is 106 Å². The van der Waals surface area contributed by atoms with E-state index in [4.69, 9.17) is 10.2 Å². The van der Waals surface area contributed by atoms with Crippen molar-refractivity contribution in [1.82, 2.24) is 4.90 Å². The van der Waals surface area contributed by atoms with Crippen LogP contribution in [0.1, 0.15) is 21.7 Å². The Balaban J connectivity index is 2.09. The Morgan fingerprint density at radius 3 is 2.50 bits per heavy atom. The van der Waals surface area contributed by atoms with Crippen molar-refractivity contribution in [2.45, 2.75) is 13.5 Å². The molecule has 2 rings (SSSR count). The zero-order valence-corrected chi connectivity index (χ0v) is 10.5. The normalized spacial score (nSPS) is 10.3. The summed E-state index contributed by atoms with van der Waals surface area (Å²) in [7, 11) is 1.77. The molecule has 2 aromatic rings. The molecule has 4 heteroatoms. The minimum atomic E-state index is -0.0319. The van der Waals surface area contributed by atoms with Gasteiger partial charge >= 0.3 is 0 Å². The molecule has 4 nitrogen and oxygen atoms in total. The minimum absolute atomic E-state index is 0.0319. The second-order valence-electron chi connectivity index (χ2n) is 4.29. The Morgan fingerprint density at radius 2 is 1.94 bits per heavy atom. The van der Waals surface area contributed by atoms with E-state index in [0.29, 0.717) is 17.8 Å². The molecule has 0 fully saturated rings. The van der Waals surface area contributed by atoms with E-state index in [1.807, 2.05) is 13.0 Å². The van der Waals surface area contributed by atoms with Gasteiger partial charge in [0.15, 0.2) is 0 Å². The summed E-state index contributed by atoms with van der Waals surface area (Å²) in [6.45, 7) is 2.42. The molecule has 0 aliphatic heterocycles. The molecule has 1 amide bonds. The molecule has 0 atom stereocenters. The van der Waals surface area contributed by atoms with Crippen LogP contribution in [0.5, 0.6) is 0 Å². The average molecular weight is 244 g/mol. The Kier molecular flexibility index (Phi) is 3.37. The number of furan rings is 1. The van der Waals surface area contributed by atoms with Crippen LogP contribution in [0, 0.1) is 6.92 Å². The van der Waals surface area contributed by atoms with Crippen LogP contribution in [0.4, 0.5) is 5.69 Å². The fraction of sp³-hybridized carbons (Fsp3) is 0.214. The second-order valence-corrected chi connectivity index (χ2v) is 4.29. The van der Waals surface area contributed by atoms with E-state index in [-0.39, 0.29) is 5.91 Å². The van der Waals surface area contributed by atoms with Crippen molar-refractivity contribution in [3.05, 3.63) is 53.5 Å². The number of nitrogens with zero attached hydrogens (tertiary/aromatic N) is 1. The van der Waals surface area contributed by atoms with Gasteiger partial charge in [0.25, 0.3) is 5.91 Å². The maximum atomic E-state index is 12.1. The zero-order valence-electron chi connectivity index (χ0n) is 10.5. The van der Waals surface area contributed by atoms with Crippen LogP contribution in [-0.4, -0.2) is 17.9 Å². The van der Waals surface area contributed by atoms with E-state index in [9.17, 15) is 4.79 Å². The molecule has 0 aliphatic rings. The number of hydrogen-bond acceptors (Lipinski definition) is 3. The molecular weight excluding hydrogens is 228 g/mol. The molecule has 0 saturated carbocycles. The van der Waals surface area contributed by atoms with E-state index in [0.717, 1.165) is 11.3 Å². The van der Waals surface area contributed by atoms with Crippen molar-refractivity contribution >= 4 is 11.6 Å². The first kappa shape index (κ1) is 12.2. The Morgan fingerprint density at radius 1 is 1.28 bits per heavy atom. The van der Waals surface area contributed by atoms with Crippen molar-refractivity contribution < 1.29 is 9.21 Å². The highest BCUT2D eigenvalue weighted by Gasteiger charge is 2.13. The molecular formula is C14H16N2O2. The molecule has 0 unspecified atom stereocenters. The number of carbonyl (C=O) groups is 1. The van der Waals surface area contributed by atoms with Crippen LogP contribution in [0.15, 0.2) is 41.0 Å². The summed E-state index contributed by atoms with van der Waals surface area (Å²) in [5, 5.41) is 0. The van der Waals surface area contributed by atoms with Crippen LogP contribution >= 0.6 is 0 Å². The summed E-state index contributed by atoms with van der Waals surface area (Å²) in [6, 6.07) is 8.79. The highest BCUT2D eigenvalue weighted by Crippen LogP contribution is 2.14. The highest BCUT2D eigenvalue weighted by atomic mass is 16.3. The van der Waals surface area contributed by atoms with Gasteiger partial charge in [0.1, 0.15) is 5.76 Å². The van der Waals surface area contributed by atoms with Crippen molar-refractivity contribution in [2.75, 3.05) is 12.8 Å². The number of benzene rings is 1. The molecule has 0 bridgehead atoms. The Bertz CT molecular complexity index is 543. The minimum Gasteiger partial charge on any atom is -0.469 e. The third-order valence-electron chi connectivity index (χ3n) is 2.88. The topological polar surface area (TPSA) is 59.5 Å². The van der Waals surface area contributed by atoms with Gasteiger partial charge in [0.05, 0.1) is 6.26 Å². The molecule has 2 N–H and O–H groups in total. The predicted octanol–water partition coefficient (Wildman–Crippen LogP) is 2.44. The summed E-state index contributed by atoms with van der Waals surface area (Å²) in [5.74, 6) is 0.808. The summed E-state index contributed by atoms with van der Waals surface area (Å²) in [6.07, 6.45) is 1.63. The van der Waals surface area contributed by atoms with Gasteiger partial charge in [-0.3, -0.25) is 4.79 Å². The van der Waals surface area contributed by atoms with Gasteiger partial charge in [-0.25, -0.2) is 0 Å². The Hall–Kier alpha value is -2.23. The van der Waals surface area contributed by atoms with Gasteiger partial charge in [-0.05, 0) is 37.3 Å². The van der Waals surface area contributed by atoms with Gasteiger partial charge in [-0.2, -0.15) is 0 Å². The summed E-state index contributed by atoms with van der Waals surface area (Å²) in [4.78, 5) is 13.8. The lowest BCUT2D eigenvalue weighted by molar-refractivity contribution is 0.0784. The van der Waals surface area contributed by atoms with Crippen molar-refractivity contribution in [1.29, 1.82) is 0 Å². The first-order valence-electron chi connectivity index (χ1n) is 5.72. The number of anilines is 1. The van der Waals surface area contributed by atoms with Gasteiger partial charge < -0.3 is 15.1 Å². The fourth-order valence-electron chi connectivity index (χ4n) is 1.75. The summed E-state index contributed by atoms with van der Waals surface area (Å²) in [5.41, 5.74) is 7.90. The zero-order chi connectivity index (χ0) is 13.1. The summed E-state index contributed by atoms with van der Waals surface area (Å²) >= 11 is 0. The first-order valence-corrected chi connectivity index (χ1v) is 5.72. The summed E-state index contributed by atoms with van der Waals surface area (Å²) < 4.78 is 5.21. The standard InChI is InChI=1S/C14H16N2O2/c1-10-12(7-8-18-10)9-16(2)14(17)11-3-5-13(15)6-4-11/h3-8H,9,15H2,1-2H3. The van der Waals surface area contributed by atoms with Crippen LogP contribution in [-0.2, 0) is 6.54 Å². The number of carbonyl (C=O) groups excluding carboxylic acids is 1.